The van der Waals surface area contributed by atoms with E-state index in [1.54, 1.807) is 0 Å². The maximum atomic E-state index is 12.7. The molecule has 1 saturated heterocycles. The smallest absolute Gasteiger partial charge is 0.265 e. The van der Waals surface area contributed by atoms with E-state index in [0.29, 0.717) is 22.5 Å². The molecule has 1 aromatic heterocycles. The number of piperidine rings is 1. The van der Waals surface area contributed by atoms with Gasteiger partial charge in [0, 0.05) is 19.0 Å². The quantitative estimate of drug-likeness (QED) is 0.923. The summed E-state index contributed by atoms with van der Waals surface area (Å²) >= 11 is 1.27. The first kappa shape index (κ1) is 16.8. The Morgan fingerprint density at radius 3 is 2.79 bits per heavy atom. The zero-order chi connectivity index (χ0) is 17.1. The topological polar surface area (TPSA) is 68.5 Å². The lowest BCUT2D eigenvalue weighted by atomic mass is 9.98. The van der Waals surface area contributed by atoms with E-state index in [1.807, 2.05) is 36.1 Å². The molecule has 128 valence electrons. The Morgan fingerprint density at radius 1 is 1.38 bits per heavy atom. The van der Waals surface area contributed by atoms with Crippen molar-refractivity contribution in [3.8, 4) is 5.75 Å². The summed E-state index contributed by atoms with van der Waals surface area (Å²) in [6.45, 7) is 6.04. The SMILES string of the molecule is Cc1ccc(OCC2CCCN(C(=O)c3sc(N)nc3C)C2)cc1. The molecule has 0 saturated carbocycles. The van der Waals surface area contributed by atoms with Gasteiger partial charge >= 0.3 is 0 Å². The largest absolute Gasteiger partial charge is 0.493 e. The second kappa shape index (κ2) is 7.21. The number of nitrogens with two attached hydrogens (primary N) is 1. The Hall–Kier alpha value is -2.08. The molecule has 0 radical (unpaired) electrons. The molecular weight excluding hydrogens is 322 g/mol. The van der Waals surface area contributed by atoms with Crippen LogP contribution < -0.4 is 10.5 Å². The van der Waals surface area contributed by atoms with E-state index >= 15 is 0 Å². The Morgan fingerprint density at radius 2 is 2.12 bits per heavy atom. The van der Waals surface area contributed by atoms with Crippen molar-refractivity contribution in [1.82, 2.24) is 9.88 Å². The number of aryl methyl sites for hydroxylation is 2. The third kappa shape index (κ3) is 3.87. The van der Waals surface area contributed by atoms with Gasteiger partial charge in [0.05, 0.1) is 12.3 Å². The minimum Gasteiger partial charge on any atom is -0.493 e. The number of thiazole rings is 1. The maximum Gasteiger partial charge on any atom is 0.265 e. The first-order valence-electron chi connectivity index (χ1n) is 8.24. The van der Waals surface area contributed by atoms with E-state index in [1.165, 1.54) is 16.9 Å². The van der Waals surface area contributed by atoms with Gasteiger partial charge in [-0.2, -0.15) is 0 Å². The summed E-state index contributed by atoms with van der Waals surface area (Å²) in [5.74, 6) is 1.28. The lowest BCUT2D eigenvalue weighted by Crippen LogP contribution is -2.41. The molecule has 1 aliphatic heterocycles. The van der Waals surface area contributed by atoms with Crippen LogP contribution in [0.5, 0.6) is 5.75 Å². The summed E-state index contributed by atoms with van der Waals surface area (Å²) in [7, 11) is 0. The van der Waals surface area contributed by atoms with Crippen molar-refractivity contribution >= 4 is 22.4 Å². The Balaban J connectivity index is 1.58. The number of likely N-dealkylation sites (tertiary alicyclic amines) is 1. The Labute approximate surface area is 146 Å². The molecule has 0 aliphatic carbocycles. The van der Waals surface area contributed by atoms with Crippen LogP contribution >= 0.6 is 11.3 Å². The Bertz CT molecular complexity index is 712. The standard InChI is InChI=1S/C18H23N3O2S/c1-12-5-7-15(8-6-12)23-11-14-4-3-9-21(10-14)17(22)16-13(2)20-18(19)24-16/h5-8,14H,3-4,9-11H2,1-2H3,(H2,19,20). The van der Waals surface area contributed by atoms with Gasteiger partial charge in [0.1, 0.15) is 10.6 Å². The fourth-order valence-electron chi connectivity index (χ4n) is 2.99. The third-order valence-electron chi connectivity index (χ3n) is 4.32. The molecule has 5 nitrogen and oxygen atoms in total. The number of anilines is 1. The summed E-state index contributed by atoms with van der Waals surface area (Å²) in [4.78, 5) is 19.4. The summed E-state index contributed by atoms with van der Waals surface area (Å²) in [6, 6.07) is 8.07. The molecule has 1 fully saturated rings. The van der Waals surface area contributed by atoms with Crippen LogP contribution in [0.3, 0.4) is 0 Å². The van der Waals surface area contributed by atoms with Gasteiger partial charge in [0.2, 0.25) is 0 Å². The summed E-state index contributed by atoms with van der Waals surface area (Å²) in [6.07, 6.45) is 2.08. The molecular formula is C18H23N3O2S. The minimum atomic E-state index is 0.0433. The van der Waals surface area contributed by atoms with Crippen LogP contribution in [0.2, 0.25) is 0 Å². The van der Waals surface area contributed by atoms with Crippen molar-refractivity contribution in [1.29, 1.82) is 0 Å². The predicted octanol–water partition coefficient (Wildman–Crippen LogP) is 3.27. The van der Waals surface area contributed by atoms with Crippen LogP contribution in [-0.4, -0.2) is 35.5 Å². The average Bonchev–Trinajstić information content (AvgIpc) is 2.92. The van der Waals surface area contributed by atoms with Gasteiger partial charge < -0.3 is 15.4 Å². The molecule has 1 aliphatic rings. The molecule has 3 rings (SSSR count). The van der Waals surface area contributed by atoms with Crippen molar-refractivity contribution in [2.45, 2.75) is 26.7 Å². The van der Waals surface area contributed by atoms with Crippen molar-refractivity contribution < 1.29 is 9.53 Å². The fourth-order valence-corrected chi connectivity index (χ4v) is 3.79. The number of rotatable bonds is 4. The van der Waals surface area contributed by atoms with E-state index in [2.05, 4.69) is 11.9 Å². The molecule has 2 aromatic rings. The average molecular weight is 345 g/mol. The van der Waals surface area contributed by atoms with Gasteiger partial charge in [-0.3, -0.25) is 4.79 Å². The lowest BCUT2D eigenvalue weighted by molar-refractivity contribution is 0.0637. The highest BCUT2D eigenvalue weighted by atomic mass is 32.1. The summed E-state index contributed by atoms with van der Waals surface area (Å²) in [5, 5.41) is 0.451. The third-order valence-corrected chi connectivity index (χ3v) is 5.29. The van der Waals surface area contributed by atoms with Gasteiger partial charge in [-0.15, -0.1) is 0 Å². The number of nitrogens with zero attached hydrogens (tertiary/aromatic N) is 2. The predicted molar refractivity (Wildman–Crippen MR) is 96.6 cm³/mol. The van der Waals surface area contributed by atoms with Gasteiger partial charge in [-0.25, -0.2) is 4.98 Å². The first-order valence-corrected chi connectivity index (χ1v) is 9.06. The van der Waals surface area contributed by atoms with Crippen molar-refractivity contribution in [3.63, 3.8) is 0 Å². The molecule has 6 heteroatoms. The molecule has 2 heterocycles. The van der Waals surface area contributed by atoms with Crippen LogP contribution in [0.1, 0.15) is 33.8 Å². The molecule has 2 N–H and O–H groups in total. The molecule has 24 heavy (non-hydrogen) atoms. The highest BCUT2D eigenvalue weighted by molar-refractivity contribution is 7.17. The van der Waals surface area contributed by atoms with E-state index in [0.717, 1.165) is 37.4 Å². The van der Waals surface area contributed by atoms with Crippen LogP contribution in [0.25, 0.3) is 0 Å². The zero-order valence-electron chi connectivity index (χ0n) is 14.1. The zero-order valence-corrected chi connectivity index (χ0v) is 14.9. The van der Waals surface area contributed by atoms with E-state index in [4.69, 9.17) is 10.5 Å². The van der Waals surface area contributed by atoms with Gasteiger partial charge in [0.25, 0.3) is 5.91 Å². The summed E-state index contributed by atoms with van der Waals surface area (Å²) in [5.41, 5.74) is 7.65. The first-order chi connectivity index (χ1) is 11.5. The second-order valence-electron chi connectivity index (χ2n) is 6.35. The number of benzene rings is 1. The number of hydrogen-bond donors (Lipinski definition) is 1. The molecule has 1 atom stereocenters. The van der Waals surface area contributed by atoms with E-state index < -0.39 is 0 Å². The minimum absolute atomic E-state index is 0.0433. The highest BCUT2D eigenvalue weighted by Crippen LogP contribution is 2.25. The number of amides is 1. The van der Waals surface area contributed by atoms with Crippen molar-refractivity contribution in [2.24, 2.45) is 5.92 Å². The number of aromatic nitrogens is 1. The number of ether oxygens (including phenoxy) is 1. The van der Waals surface area contributed by atoms with Gasteiger partial charge in [0.15, 0.2) is 5.13 Å². The number of carbonyl (C=O) groups excluding carboxylic acids is 1. The molecule has 0 spiro atoms. The fraction of sp³-hybridized carbons (Fsp3) is 0.444. The van der Waals surface area contributed by atoms with Crippen molar-refractivity contribution in [2.75, 3.05) is 25.4 Å². The van der Waals surface area contributed by atoms with E-state index in [9.17, 15) is 4.79 Å². The summed E-state index contributed by atoms with van der Waals surface area (Å²) < 4.78 is 5.89. The van der Waals surface area contributed by atoms with Crippen LogP contribution in [0, 0.1) is 19.8 Å². The lowest BCUT2D eigenvalue weighted by Gasteiger charge is -2.32. The normalized spacial score (nSPS) is 17.8. The number of hydrogen-bond acceptors (Lipinski definition) is 5. The Kier molecular flexibility index (Phi) is 5.04. The van der Waals surface area contributed by atoms with Crippen LogP contribution in [0.15, 0.2) is 24.3 Å². The molecule has 1 amide bonds. The number of carbonyl (C=O) groups is 1. The van der Waals surface area contributed by atoms with Crippen LogP contribution in [0.4, 0.5) is 5.13 Å². The van der Waals surface area contributed by atoms with Crippen LogP contribution in [-0.2, 0) is 0 Å². The van der Waals surface area contributed by atoms with Gasteiger partial charge in [-0.05, 0) is 38.8 Å². The highest BCUT2D eigenvalue weighted by Gasteiger charge is 2.27. The monoisotopic (exact) mass is 345 g/mol. The van der Waals surface area contributed by atoms with Gasteiger partial charge in [-0.1, -0.05) is 29.0 Å². The molecule has 1 unspecified atom stereocenters. The molecule has 1 aromatic carbocycles. The van der Waals surface area contributed by atoms with Crippen molar-refractivity contribution in [3.05, 3.63) is 40.4 Å². The molecule has 0 bridgehead atoms. The number of nitrogen functional groups attached to an aromatic ring is 1. The maximum absolute atomic E-state index is 12.7. The second-order valence-corrected chi connectivity index (χ2v) is 7.38. The van der Waals surface area contributed by atoms with E-state index in [-0.39, 0.29) is 5.91 Å².